The van der Waals surface area contributed by atoms with Gasteiger partial charge >= 0.3 is 0 Å². The van der Waals surface area contributed by atoms with E-state index in [9.17, 15) is 9.59 Å². The molecule has 5 heteroatoms. The van der Waals surface area contributed by atoms with Crippen LogP contribution in [0.25, 0.3) is 0 Å². The lowest BCUT2D eigenvalue weighted by Crippen LogP contribution is -2.27. The van der Waals surface area contributed by atoms with Gasteiger partial charge in [-0.05, 0) is 30.5 Å². The van der Waals surface area contributed by atoms with Crippen molar-refractivity contribution in [2.45, 2.75) is 25.4 Å². The number of pyridine rings is 1. The number of carbonyl (C=O) groups excluding carboxylic acids is 2. The Labute approximate surface area is 128 Å². The molecule has 0 saturated heterocycles. The molecule has 0 unspecified atom stereocenters. The highest BCUT2D eigenvalue weighted by Gasteiger charge is 2.24. The van der Waals surface area contributed by atoms with Gasteiger partial charge in [0, 0.05) is 24.3 Å². The Kier molecular flexibility index (Phi) is 4.14. The SMILES string of the molecule is O=C(NCc1ccccc1)c1ccnc(C(=O)NC2CC2)c1. The van der Waals surface area contributed by atoms with Crippen LogP contribution in [-0.2, 0) is 6.54 Å². The number of rotatable bonds is 5. The molecule has 2 aromatic rings. The van der Waals surface area contributed by atoms with Gasteiger partial charge in [0.1, 0.15) is 5.69 Å². The lowest BCUT2D eigenvalue weighted by molar-refractivity contribution is 0.0946. The van der Waals surface area contributed by atoms with Crippen LogP contribution < -0.4 is 10.6 Å². The number of nitrogens with one attached hydrogen (secondary N) is 2. The van der Waals surface area contributed by atoms with Crippen molar-refractivity contribution in [2.24, 2.45) is 0 Å². The topological polar surface area (TPSA) is 71.1 Å². The number of hydrogen-bond donors (Lipinski definition) is 2. The van der Waals surface area contributed by atoms with Crippen LogP contribution >= 0.6 is 0 Å². The van der Waals surface area contributed by atoms with Gasteiger partial charge in [-0.15, -0.1) is 0 Å². The van der Waals surface area contributed by atoms with E-state index in [0.29, 0.717) is 12.1 Å². The van der Waals surface area contributed by atoms with Crippen molar-refractivity contribution in [1.82, 2.24) is 15.6 Å². The summed E-state index contributed by atoms with van der Waals surface area (Å²) in [4.78, 5) is 28.1. The molecule has 0 radical (unpaired) electrons. The standard InChI is InChI=1S/C17H17N3O2/c21-16(19-11-12-4-2-1-3-5-12)13-8-9-18-15(10-13)17(22)20-14-6-7-14/h1-5,8-10,14H,6-7,11H2,(H,19,21)(H,20,22). The Balaban J connectivity index is 1.63. The largest absolute Gasteiger partial charge is 0.348 e. The Morgan fingerprint density at radius 1 is 1.09 bits per heavy atom. The summed E-state index contributed by atoms with van der Waals surface area (Å²) in [5.74, 6) is -0.438. The van der Waals surface area contributed by atoms with Crippen molar-refractivity contribution in [3.8, 4) is 0 Å². The molecule has 1 aliphatic rings. The Bertz CT molecular complexity index is 681. The third-order valence-electron chi connectivity index (χ3n) is 3.46. The second kappa shape index (κ2) is 6.39. The summed E-state index contributed by atoms with van der Waals surface area (Å²) in [7, 11) is 0. The van der Waals surface area contributed by atoms with E-state index in [2.05, 4.69) is 15.6 Å². The molecule has 0 spiro atoms. The number of benzene rings is 1. The Morgan fingerprint density at radius 2 is 1.86 bits per heavy atom. The molecule has 0 bridgehead atoms. The monoisotopic (exact) mass is 295 g/mol. The van der Waals surface area contributed by atoms with Gasteiger partial charge in [0.25, 0.3) is 11.8 Å². The van der Waals surface area contributed by atoms with E-state index in [1.165, 1.54) is 12.3 Å². The van der Waals surface area contributed by atoms with Gasteiger partial charge in [-0.1, -0.05) is 30.3 Å². The fourth-order valence-electron chi connectivity index (χ4n) is 2.06. The normalized spacial score (nSPS) is 13.5. The smallest absolute Gasteiger partial charge is 0.270 e. The first-order valence-corrected chi connectivity index (χ1v) is 7.31. The highest BCUT2D eigenvalue weighted by atomic mass is 16.2. The average Bonchev–Trinajstić information content (AvgIpc) is 3.37. The van der Waals surface area contributed by atoms with Gasteiger partial charge in [-0.2, -0.15) is 0 Å². The minimum atomic E-state index is -0.222. The molecular formula is C17H17N3O2. The summed E-state index contributed by atoms with van der Waals surface area (Å²) in [5, 5.41) is 5.70. The average molecular weight is 295 g/mol. The summed E-state index contributed by atoms with van der Waals surface area (Å²) < 4.78 is 0. The predicted molar refractivity (Wildman–Crippen MR) is 82.3 cm³/mol. The minimum absolute atomic E-state index is 0.216. The number of nitrogens with zero attached hydrogens (tertiary/aromatic N) is 1. The van der Waals surface area contributed by atoms with E-state index in [4.69, 9.17) is 0 Å². The zero-order valence-electron chi connectivity index (χ0n) is 12.1. The van der Waals surface area contributed by atoms with Crippen molar-refractivity contribution in [2.75, 3.05) is 0 Å². The van der Waals surface area contributed by atoms with Gasteiger partial charge in [-0.25, -0.2) is 0 Å². The number of aromatic nitrogens is 1. The maximum absolute atomic E-state index is 12.2. The van der Waals surface area contributed by atoms with Crippen LogP contribution in [0.15, 0.2) is 48.7 Å². The number of carbonyl (C=O) groups is 2. The van der Waals surface area contributed by atoms with Crippen LogP contribution in [0.4, 0.5) is 0 Å². The molecule has 5 nitrogen and oxygen atoms in total. The van der Waals surface area contributed by atoms with E-state index in [1.54, 1.807) is 6.07 Å². The van der Waals surface area contributed by atoms with Crippen LogP contribution in [-0.4, -0.2) is 22.8 Å². The highest BCUT2D eigenvalue weighted by Crippen LogP contribution is 2.19. The van der Waals surface area contributed by atoms with Crippen molar-refractivity contribution < 1.29 is 9.59 Å². The maximum Gasteiger partial charge on any atom is 0.270 e. The molecule has 0 aliphatic heterocycles. The van der Waals surface area contributed by atoms with Crippen LogP contribution in [0.1, 0.15) is 39.3 Å². The summed E-state index contributed by atoms with van der Waals surface area (Å²) in [5.41, 5.74) is 1.74. The molecule has 22 heavy (non-hydrogen) atoms. The third-order valence-corrected chi connectivity index (χ3v) is 3.46. The van der Waals surface area contributed by atoms with Gasteiger partial charge in [0.05, 0.1) is 0 Å². The van der Waals surface area contributed by atoms with Crippen LogP contribution in [0.2, 0.25) is 0 Å². The Morgan fingerprint density at radius 3 is 2.59 bits per heavy atom. The minimum Gasteiger partial charge on any atom is -0.348 e. The van der Waals surface area contributed by atoms with Crippen LogP contribution in [0, 0.1) is 0 Å². The zero-order chi connectivity index (χ0) is 15.4. The highest BCUT2D eigenvalue weighted by molar-refractivity contribution is 5.98. The van der Waals surface area contributed by atoms with Crippen molar-refractivity contribution in [3.05, 3.63) is 65.5 Å². The van der Waals surface area contributed by atoms with Crippen molar-refractivity contribution >= 4 is 11.8 Å². The van der Waals surface area contributed by atoms with E-state index in [-0.39, 0.29) is 23.6 Å². The van der Waals surface area contributed by atoms with Crippen molar-refractivity contribution in [3.63, 3.8) is 0 Å². The molecule has 0 atom stereocenters. The van der Waals surface area contributed by atoms with Gasteiger partial charge in [-0.3, -0.25) is 14.6 Å². The first kappa shape index (κ1) is 14.3. The fraction of sp³-hybridized carbons (Fsp3) is 0.235. The first-order chi connectivity index (χ1) is 10.7. The van der Waals surface area contributed by atoms with Crippen molar-refractivity contribution in [1.29, 1.82) is 0 Å². The molecule has 2 amide bonds. The molecule has 1 aromatic carbocycles. The molecule has 112 valence electrons. The Hall–Kier alpha value is -2.69. The van der Waals surface area contributed by atoms with E-state index in [1.807, 2.05) is 30.3 Å². The summed E-state index contributed by atoms with van der Waals surface area (Å²) in [6.45, 7) is 0.450. The number of amides is 2. The van der Waals surface area contributed by atoms with E-state index in [0.717, 1.165) is 18.4 Å². The molecule has 1 fully saturated rings. The molecule has 1 heterocycles. The number of hydrogen-bond acceptors (Lipinski definition) is 3. The summed E-state index contributed by atoms with van der Waals surface area (Å²) >= 11 is 0. The molecule has 1 aromatic heterocycles. The quantitative estimate of drug-likeness (QED) is 0.885. The van der Waals surface area contributed by atoms with E-state index >= 15 is 0 Å². The molecule has 2 N–H and O–H groups in total. The second-order valence-corrected chi connectivity index (χ2v) is 5.35. The lowest BCUT2D eigenvalue weighted by Gasteiger charge is -2.07. The second-order valence-electron chi connectivity index (χ2n) is 5.35. The zero-order valence-corrected chi connectivity index (χ0v) is 12.1. The molecular weight excluding hydrogens is 278 g/mol. The fourth-order valence-corrected chi connectivity index (χ4v) is 2.06. The van der Waals surface area contributed by atoms with Gasteiger partial charge < -0.3 is 10.6 Å². The maximum atomic E-state index is 12.2. The first-order valence-electron chi connectivity index (χ1n) is 7.31. The predicted octanol–water partition coefficient (Wildman–Crippen LogP) is 1.90. The molecule has 1 aliphatic carbocycles. The molecule has 3 rings (SSSR count). The molecule has 1 saturated carbocycles. The van der Waals surface area contributed by atoms with Gasteiger partial charge in [0.2, 0.25) is 0 Å². The third kappa shape index (κ3) is 3.69. The van der Waals surface area contributed by atoms with Crippen LogP contribution in [0.3, 0.4) is 0 Å². The summed E-state index contributed by atoms with van der Waals surface area (Å²) in [6, 6.07) is 13.1. The summed E-state index contributed by atoms with van der Waals surface area (Å²) in [6.07, 6.45) is 3.52. The lowest BCUT2D eigenvalue weighted by atomic mass is 10.2. The van der Waals surface area contributed by atoms with Crippen LogP contribution in [0.5, 0.6) is 0 Å². The van der Waals surface area contributed by atoms with Gasteiger partial charge in [0.15, 0.2) is 0 Å². The van der Waals surface area contributed by atoms with E-state index < -0.39 is 0 Å².